The van der Waals surface area contributed by atoms with Crippen LogP contribution in [0.3, 0.4) is 0 Å². The molecule has 2 aromatic heterocycles. The van der Waals surface area contributed by atoms with Crippen molar-refractivity contribution in [2.24, 2.45) is 5.92 Å². The van der Waals surface area contributed by atoms with Gasteiger partial charge in [-0.05, 0) is 40.2 Å². The van der Waals surface area contributed by atoms with Gasteiger partial charge in [-0.25, -0.2) is 0 Å². The molecule has 0 atom stereocenters. The molecule has 1 aliphatic heterocycles. The minimum Gasteiger partial charge on any atom is -0.347 e. The number of ether oxygens (including phenoxy) is 2. The monoisotopic (exact) mass is 344 g/mol. The molecule has 3 heterocycles. The molecular formula is C13H13BrO2S2. The fourth-order valence-corrected chi connectivity index (χ4v) is 4.31. The number of rotatable bonds is 2. The van der Waals surface area contributed by atoms with Gasteiger partial charge in [0.15, 0.2) is 6.29 Å². The van der Waals surface area contributed by atoms with Gasteiger partial charge in [0.2, 0.25) is 0 Å². The van der Waals surface area contributed by atoms with E-state index < -0.39 is 0 Å². The zero-order valence-electron chi connectivity index (χ0n) is 9.89. The fraction of sp³-hybridized carbons (Fsp3) is 0.385. The largest absolute Gasteiger partial charge is 0.347 e. The fourth-order valence-electron chi connectivity index (χ4n) is 1.82. The Morgan fingerprint density at radius 3 is 2.39 bits per heavy atom. The molecule has 0 amide bonds. The third-order valence-corrected chi connectivity index (χ3v) is 5.67. The van der Waals surface area contributed by atoms with Crippen LogP contribution in [0.1, 0.15) is 18.1 Å². The third kappa shape index (κ3) is 2.70. The molecule has 1 aliphatic rings. The summed E-state index contributed by atoms with van der Waals surface area (Å²) in [6.45, 7) is 3.70. The van der Waals surface area contributed by atoms with E-state index in [4.69, 9.17) is 9.47 Å². The van der Waals surface area contributed by atoms with Gasteiger partial charge >= 0.3 is 0 Å². The Morgan fingerprint density at radius 2 is 1.72 bits per heavy atom. The van der Waals surface area contributed by atoms with Crippen molar-refractivity contribution in [3.63, 3.8) is 0 Å². The second kappa shape index (κ2) is 5.43. The van der Waals surface area contributed by atoms with Crippen LogP contribution in [-0.4, -0.2) is 13.2 Å². The Labute approximate surface area is 123 Å². The van der Waals surface area contributed by atoms with E-state index >= 15 is 0 Å². The molecular weight excluding hydrogens is 332 g/mol. The van der Waals surface area contributed by atoms with Crippen molar-refractivity contribution in [1.82, 2.24) is 0 Å². The lowest BCUT2D eigenvalue weighted by atomic mass is 10.2. The van der Waals surface area contributed by atoms with E-state index in [0.717, 1.165) is 21.9 Å². The summed E-state index contributed by atoms with van der Waals surface area (Å²) < 4.78 is 12.6. The predicted octanol–water partition coefficient (Wildman–Crippen LogP) is 4.92. The summed E-state index contributed by atoms with van der Waals surface area (Å²) in [5, 5.41) is 0. The molecule has 96 valence electrons. The van der Waals surface area contributed by atoms with Gasteiger partial charge in [-0.1, -0.05) is 6.92 Å². The number of halogens is 1. The highest BCUT2D eigenvalue weighted by molar-refractivity contribution is 9.11. The van der Waals surface area contributed by atoms with Crippen LogP contribution in [0.4, 0.5) is 0 Å². The van der Waals surface area contributed by atoms with Crippen molar-refractivity contribution in [2.45, 2.75) is 13.2 Å². The van der Waals surface area contributed by atoms with E-state index in [-0.39, 0.29) is 6.29 Å². The molecule has 1 fully saturated rings. The van der Waals surface area contributed by atoms with Crippen molar-refractivity contribution in [3.8, 4) is 9.75 Å². The summed E-state index contributed by atoms with van der Waals surface area (Å²) in [5.41, 5.74) is 0. The summed E-state index contributed by atoms with van der Waals surface area (Å²) in [4.78, 5) is 3.70. The number of thiophene rings is 2. The van der Waals surface area contributed by atoms with Crippen molar-refractivity contribution in [3.05, 3.63) is 32.9 Å². The van der Waals surface area contributed by atoms with Gasteiger partial charge in [0.05, 0.1) is 21.9 Å². The van der Waals surface area contributed by atoms with Gasteiger partial charge in [-0.15, -0.1) is 22.7 Å². The molecule has 3 rings (SSSR count). The molecule has 0 N–H and O–H groups in total. The first-order valence-corrected chi connectivity index (χ1v) is 8.23. The van der Waals surface area contributed by atoms with Crippen molar-refractivity contribution < 1.29 is 9.47 Å². The summed E-state index contributed by atoms with van der Waals surface area (Å²) in [5.74, 6) is 0.494. The van der Waals surface area contributed by atoms with Crippen LogP contribution in [-0.2, 0) is 9.47 Å². The first-order chi connectivity index (χ1) is 8.72. The van der Waals surface area contributed by atoms with Crippen molar-refractivity contribution >= 4 is 38.6 Å². The molecule has 0 unspecified atom stereocenters. The van der Waals surface area contributed by atoms with Crippen LogP contribution in [0.25, 0.3) is 9.75 Å². The lowest BCUT2D eigenvalue weighted by molar-refractivity contribution is -0.200. The highest BCUT2D eigenvalue weighted by atomic mass is 79.9. The number of hydrogen-bond acceptors (Lipinski definition) is 4. The lowest BCUT2D eigenvalue weighted by Gasteiger charge is -2.26. The van der Waals surface area contributed by atoms with Gasteiger partial charge in [-0.3, -0.25) is 0 Å². The van der Waals surface area contributed by atoms with Gasteiger partial charge in [0, 0.05) is 15.7 Å². The summed E-state index contributed by atoms with van der Waals surface area (Å²) in [7, 11) is 0. The second-order valence-electron chi connectivity index (χ2n) is 4.41. The van der Waals surface area contributed by atoms with E-state index in [2.05, 4.69) is 47.1 Å². The number of hydrogen-bond donors (Lipinski definition) is 0. The normalized spacial score (nSPS) is 24.3. The quantitative estimate of drug-likeness (QED) is 0.769. The summed E-state index contributed by atoms with van der Waals surface area (Å²) >= 11 is 6.99. The van der Waals surface area contributed by atoms with Crippen LogP contribution in [0, 0.1) is 5.92 Å². The molecule has 2 aromatic rings. The molecule has 0 spiro atoms. The van der Waals surface area contributed by atoms with Crippen LogP contribution >= 0.6 is 38.6 Å². The maximum atomic E-state index is 5.71. The van der Waals surface area contributed by atoms with Gasteiger partial charge in [0.25, 0.3) is 0 Å². The van der Waals surface area contributed by atoms with E-state index in [0.29, 0.717) is 5.92 Å². The van der Waals surface area contributed by atoms with Gasteiger partial charge in [-0.2, -0.15) is 0 Å². The lowest BCUT2D eigenvalue weighted by Crippen LogP contribution is -2.24. The summed E-state index contributed by atoms with van der Waals surface area (Å²) in [6.07, 6.45) is -0.177. The maximum absolute atomic E-state index is 5.71. The van der Waals surface area contributed by atoms with Crippen molar-refractivity contribution in [2.75, 3.05) is 13.2 Å². The smallest absolute Gasteiger partial charge is 0.193 e. The molecule has 5 heteroatoms. The predicted molar refractivity (Wildman–Crippen MR) is 79.1 cm³/mol. The standard InChI is InChI=1S/C13H13BrO2S2/c1-8-6-15-13(16-7-8)11-3-2-9(17-11)10-4-5-12(14)18-10/h2-5,8,13H,6-7H2,1H3. The SMILES string of the molecule is CC1COC(c2ccc(-c3ccc(Br)s3)s2)OC1. The molecule has 18 heavy (non-hydrogen) atoms. The summed E-state index contributed by atoms with van der Waals surface area (Å²) in [6, 6.07) is 8.46. The molecule has 1 saturated heterocycles. The Morgan fingerprint density at radius 1 is 1.06 bits per heavy atom. The van der Waals surface area contributed by atoms with Crippen LogP contribution in [0.2, 0.25) is 0 Å². The van der Waals surface area contributed by atoms with Crippen LogP contribution in [0.5, 0.6) is 0 Å². The molecule has 0 radical (unpaired) electrons. The van der Waals surface area contributed by atoms with Gasteiger partial charge in [0.1, 0.15) is 0 Å². The van der Waals surface area contributed by atoms with E-state index in [1.165, 1.54) is 9.75 Å². The Bertz CT molecular complexity index is 527. The first-order valence-electron chi connectivity index (χ1n) is 5.81. The van der Waals surface area contributed by atoms with E-state index in [1.54, 1.807) is 22.7 Å². The zero-order valence-corrected chi connectivity index (χ0v) is 13.1. The molecule has 0 aromatic carbocycles. The maximum Gasteiger partial charge on any atom is 0.193 e. The Balaban J connectivity index is 1.77. The Kier molecular flexibility index (Phi) is 3.86. The third-order valence-electron chi connectivity index (χ3n) is 2.74. The second-order valence-corrected chi connectivity index (χ2v) is 7.99. The topological polar surface area (TPSA) is 18.5 Å². The minimum atomic E-state index is -0.177. The van der Waals surface area contributed by atoms with Gasteiger partial charge < -0.3 is 9.47 Å². The van der Waals surface area contributed by atoms with E-state index in [1.807, 2.05) is 0 Å². The van der Waals surface area contributed by atoms with E-state index in [9.17, 15) is 0 Å². The highest BCUT2D eigenvalue weighted by Crippen LogP contribution is 2.38. The average Bonchev–Trinajstić information content (AvgIpc) is 2.98. The molecule has 2 nitrogen and oxygen atoms in total. The van der Waals surface area contributed by atoms with Crippen LogP contribution < -0.4 is 0 Å². The molecule has 0 saturated carbocycles. The average molecular weight is 345 g/mol. The molecule has 0 bridgehead atoms. The van der Waals surface area contributed by atoms with Crippen LogP contribution in [0.15, 0.2) is 28.1 Å². The Hall–Kier alpha value is -0.200. The van der Waals surface area contributed by atoms with Crippen molar-refractivity contribution in [1.29, 1.82) is 0 Å². The highest BCUT2D eigenvalue weighted by Gasteiger charge is 2.22. The molecule has 0 aliphatic carbocycles. The first kappa shape index (κ1) is 12.8. The minimum absolute atomic E-state index is 0.177. The zero-order chi connectivity index (χ0) is 12.5.